The van der Waals surface area contributed by atoms with Gasteiger partial charge in [0.05, 0.1) is 11.7 Å². The largest absolute Gasteiger partial charge is 0.413 e. The van der Waals surface area contributed by atoms with Crippen molar-refractivity contribution in [2.75, 3.05) is 0 Å². The average Bonchev–Trinajstić information content (AvgIpc) is 3.33. The molecular formula is C33H60O3Si2. The van der Waals surface area contributed by atoms with Crippen molar-refractivity contribution in [2.24, 2.45) is 29.6 Å². The molecule has 3 saturated carbocycles. The molecule has 0 radical (unpaired) electrons. The standard InChI is InChI=1S/C33H60O3Si2/c1-13-17-26-30-25(20-22-28(24-18-15-16-19-24)35-37(9,10)31(3,4)5)29(36-38(11,12)32(6,7)8)23-21-27(30)33(26,34)14-2/h14,24-30,34H,2,13,15-19,21,23H2,1,3-12H3/t25-,26?,27-,28-,29+,30-,33?/m1/s1. The summed E-state index contributed by atoms with van der Waals surface area (Å²) < 4.78 is 14.2. The predicted octanol–water partition coefficient (Wildman–Crippen LogP) is 8.95. The molecule has 0 bridgehead atoms. The Morgan fingerprint density at radius 1 is 0.974 bits per heavy atom. The Balaban J connectivity index is 2.01. The van der Waals surface area contributed by atoms with Crippen LogP contribution in [0.4, 0.5) is 0 Å². The second kappa shape index (κ2) is 11.5. The van der Waals surface area contributed by atoms with E-state index in [0.29, 0.717) is 11.8 Å². The molecule has 1 N–H and O–H groups in total. The third-order valence-corrected chi connectivity index (χ3v) is 20.3. The van der Waals surface area contributed by atoms with Crippen LogP contribution in [0.3, 0.4) is 0 Å². The number of rotatable bonds is 8. The normalized spacial score (nSPS) is 33.6. The van der Waals surface area contributed by atoms with Crippen LogP contribution in [-0.4, -0.2) is 39.6 Å². The first-order valence-electron chi connectivity index (χ1n) is 15.6. The van der Waals surface area contributed by atoms with E-state index in [0.717, 1.165) is 25.7 Å². The maximum atomic E-state index is 11.6. The van der Waals surface area contributed by atoms with Gasteiger partial charge >= 0.3 is 0 Å². The molecule has 3 aliphatic carbocycles. The monoisotopic (exact) mass is 560 g/mol. The van der Waals surface area contributed by atoms with Crippen molar-refractivity contribution < 1.29 is 14.0 Å². The molecule has 3 rings (SSSR count). The highest BCUT2D eigenvalue weighted by Gasteiger charge is 2.64. The molecule has 7 atom stereocenters. The first-order valence-corrected chi connectivity index (χ1v) is 21.4. The zero-order chi connectivity index (χ0) is 28.7. The Hall–Kier alpha value is -0.386. The van der Waals surface area contributed by atoms with Gasteiger partial charge in [0, 0.05) is 5.92 Å². The van der Waals surface area contributed by atoms with Gasteiger partial charge in [0.1, 0.15) is 6.10 Å². The van der Waals surface area contributed by atoms with Gasteiger partial charge in [-0.2, -0.15) is 0 Å². The molecule has 0 heterocycles. The molecule has 3 fully saturated rings. The average molecular weight is 561 g/mol. The molecule has 0 aromatic heterocycles. The van der Waals surface area contributed by atoms with Crippen LogP contribution in [0.15, 0.2) is 12.7 Å². The van der Waals surface area contributed by atoms with Gasteiger partial charge in [0.25, 0.3) is 0 Å². The van der Waals surface area contributed by atoms with Crippen molar-refractivity contribution in [1.82, 2.24) is 0 Å². The quantitative estimate of drug-likeness (QED) is 0.183. The summed E-state index contributed by atoms with van der Waals surface area (Å²) in [6.45, 7) is 29.7. The van der Waals surface area contributed by atoms with Crippen molar-refractivity contribution in [3.63, 3.8) is 0 Å². The van der Waals surface area contributed by atoms with Crippen LogP contribution in [0.5, 0.6) is 0 Å². The molecule has 218 valence electrons. The molecule has 0 amide bonds. The molecule has 0 saturated heterocycles. The highest BCUT2D eigenvalue weighted by molar-refractivity contribution is 6.74. The molecule has 3 nitrogen and oxygen atoms in total. The number of hydrogen-bond acceptors (Lipinski definition) is 3. The fraction of sp³-hybridized carbons (Fsp3) is 0.879. The summed E-state index contributed by atoms with van der Waals surface area (Å²) in [6, 6.07) is 0. The molecule has 2 unspecified atom stereocenters. The van der Waals surface area contributed by atoms with E-state index in [9.17, 15) is 5.11 Å². The fourth-order valence-electron chi connectivity index (χ4n) is 6.84. The second-order valence-corrected chi connectivity index (χ2v) is 25.3. The minimum absolute atomic E-state index is 0.00952. The first-order chi connectivity index (χ1) is 17.4. The van der Waals surface area contributed by atoms with Crippen LogP contribution < -0.4 is 0 Å². The maximum Gasteiger partial charge on any atom is 0.193 e. The van der Waals surface area contributed by atoms with E-state index in [1.165, 1.54) is 25.7 Å². The number of hydrogen-bond donors (Lipinski definition) is 1. The lowest BCUT2D eigenvalue weighted by Gasteiger charge is -2.63. The summed E-state index contributed by atoms with van der Waals surface area (Å²) in [5, 5.41) is 12.0. The SMILES string of the molecule is C=CC1(O)C(CCC)[C@H]2[C@H](C#C[C@@H](O[Si](C)(C)C(C)(C)C)C3CCCC3)[C@@H](O[Si](C)(C)C(C)(C)C)CC[C@H]21. The molecule has 0 aromatic carbocycles. The lowest BCUT2D eigenvalue weighted by molar-refractivity contribution is -0.208. The van der Waals surface area contributed by atoms with E-state index in [4.69, 9.17) is 8.85 Å². The summed E-state index contributed by atoms with van der Waals surface area (Å²) in [5.41, 5.74) is -0.759. The third-order valence-electron chi connectivity index (χ3n) is 11.3. The van der Waals surface area contributed by atoms with E-state index in [1.807, 2.05) is 6.08 Å². The zero-order valence-corrected chi connectivity index (χ0v) is 28.7. The van der Waals surface area contributed by atoms with Gasteiger partial charge in [-0.15, -0.1) is 6.58 Å². The fourth-order valence-corrected chi connectivity index (χ4v) is 9.45. The first kappa shape index (κ1) is 32.1. The number of fused-ring (bicyclic) bond motifs is 1. The Morgan fingerprint density at radius 3 is 2.05 bits per heavy atom. The van der Waals surface area contributed by atoms with Gasteiger partial charge in [0.2, 0.25) is 0 Å². The zero-order valence-electron chi connectivity index (χ0n) is 26.7. The minimum Gasteiger partial charge on any atom is -0.413 e. The van der Waals surface area contributed by atoms with Crippen molar-refractivity contribution in [3.8, 4) is 11.8 Å². The molecule has 5 heteroatoms. The van der Waals surface area contributed by atoms with Gasteiger partial charge in [-0.3, -0.25) is 0 Å². The smallest absolute Gasteiger partial charge is 0.193 e. The van der Waals surface area contributed by atoms with Crippen LogP contribution in [0.1, 0.15) is 99.8 Å². The summed E-state index contributed by atoms with van der Waals surface area (Å²) >= 11 is 0. The Kier molecular flexibility index (Phi) is 9.70. The van der Waals surface area contributed by atoms with E-state index in [2.05, 4.69) is 93.1 Å². The second-order valence-electron chi connectivity index (χ2n) is 15.8. The van der Waals surface area contributed by atoms with Crippen LogP contribution in [0.2, 0.25) is 36.3 Å². The van der Waals surface area contributed by atoms with Crippen molar-refractivity contribution in [2.45, 2.75) is 154 Å². The summed E-state index contributed by atoms with van der Waals surface area (Å²) in [7, 11) is -3.92. The lowest BCUT2D eigenvalue weighted by atomic mass is 9.45. The van der Waals surface area contributed by atoms with E-state index < -0.39 is 22.2 Å². The van der Waals surface area contributed by atoms with Crippen molar-refractivity contribution in [3.05, 3.63) is 12.7 Å². The van der Waals surface area contributed by atoms with E-state index in [1.54, 1.807) is 0 Å². The van der Waals surface area contributed by atoms with Crippen LogP contribution >= 0.6 is 0 Å². The van der Waals surface area contributed by atoms with Crippen LogP contribution in [0, 0.1) is 41.4 Å². The highest BCUT2D eigenvalue weighted by atomic mass is 28.4. The maximum absolute atomic E-state index is 11.6. The lowest BCUT2D eigenvalue weighted by Crippen LogP contribution is -2.67. The molecule has 3 aliphatic rings. The van der Waals surface area contributed by atoms with E-state index >= 15 is 0 Å². The predicted molar refractivity (Wildman–Crippen MR) is 167 cm³/mol. The molecule has 0 spiro atoms. The summed E-state index contributed by atoms with van der Waals surface area (Å²) in [6.07, 6.45) is 11.1. The van der Waals surface area contributed by atoms with Gasteiger partial charge in [-0.05, 0) is 92.0 Å². The molecule has 0 aromatic rings. The van der Waals surface area contributed by atoms with Crippen molar-refractivity contribution >= 4 is 16.6 Å². The van der Waals surface area contributed by atoms with Gasteiger partial charge in [0.15, 0.2) is 16.6 Å². The van der Waals surface area contributed by atoms with Gasteiger partial charge in [-0.1, -0.05) is 85.6 Å². The Labute approximate surface area is 238 Å². The van der Waals surface area contributed by atoms with Gasteiger partial charge in [-0.25, -0.2) is 0 Å². The minimum atomic E-state index is -1.97. The molecule has 0 aliphatic heterocycles. The van der Waals surface area contributed by atoms with E-state index in [-0.39, 0.29) is 40.0 Å². The van der Waals surface area contributed by atoms with Crippen LogP contribution in [-0.2, 0) is 8.85 Å². The summed E-state index contributed by atoms with van der Waals surface area (Å²) in [5.74, 6) is 9.17. The topological polar surface area (TPSA) is 38.7 Å². The number of aliphatic hydroxyl groups is 1. The Morgan fingerprint density at radius 2 is 1.55 bits per heavy atom. The Bertz CT molecular complexity index is 881. The van der Waals surface area contributed by atoms with Crippen molar-refractivity contribution in [1.29, 1.82) is 0 Å². The van der Waals surface area contributed by atoms with Gasteiger partial charge < -0.3 is 14.0 Å². The molecular weight excluding hydrogens is 501 g/mol. The highest BCUT2D eigenvalue weighted by Crippen LogP contribution is 2.61. The van der Waals surface area contributed by atoms with Crippen LogP contribution in [0.25, 0.3) is 0 Å². The molecule has 38 heavy (non-hydrogen) atoms. The summed E-state index contributed by atoms with van der Waals surface area (Å²) in [4.78, 5) is 0. The third kappa shape index (κ3) is 6.25.